The highest BCUT2D eigenvalue weighted by Crippen LogP contribution is 2.35. The molecule has 0 heterocycles. The quantitative estimate of drug-likeness (QED) is 0.639. The van der Waals surface area contributed by atoms with Crippen LogP contribution in [0.2, 0.25) is 0 Å². The first-order chi connectivity index (χ1) is 9.33. The molecule has 0 spiro atoms. The maximum Gasteiger partial charge on any atom is -0.00134 e. The molecule has 19 heavy (non-hydrogen) atoms. The molecule has 0 amide bonds. The van der Waals surface area contributed by atoms with Crippen LogP contribution in [0.15, 0.2) is 54.2 Å². The van der Waals surface area contributed by atoms with Crippen LogP contribution in [0.1, 0.15) is 36.1 Å². The zero-order valence-electron chi connectivity index (χ0n) is 11.5. The molecule has 0 N–H and O–H groups in total. The summed E-state index contributed by atoms with van der Waals surface area (Å²) in [6.45, 7) is 4.19. The summed E-state index contributed by atoms with van der Waals surface area (Å²) >= 11 is 0. The molecule has 1 aromatic rings. The Labute approximate surface area is 115 Å². The van der Waals surface area contributed by atoms with E-state index in [1.54, 1.807) is 0 Å². The van der Waals surface area contributed by atoms with E-state index in [0.717, 1.165) is 6.42 Å². The van der Waals surface area contributed by atoms with E-state index in [9.17, 15) is 0 Å². The number of benzene rings is 1. The Hall–Kier alpha value is -2.08. The number of hydrogen-bond acceptors (Lipinski definition) is 0. The molecule has 2 bridgehead atoms. The summed E-state index contributed by atoms with van der Waals surface area (Å²) in [5, 5.41) is 0. The van der Waals surface area contributed by atoms with Crippen molar-refractivity contribution < 1.29 is 0 Å². The summed E-state index contributed by atoms with van der Waals surface area (Å²) < 4.78 is 0. The fraction of sp³-hybridized carbons (Fsp3) is 0.158. The van der Waals surface area contributed by atoms with E-state index in [0.29, 0.717) is 0 Å². The molecule has 0 saturated heterocycles. The monoisotopic (exact) mass is 246 g/mol. The Morgan fingerprint density at radius 2 is 1.95 bits per heavy atom. The van der Waals surface area contributed by atoms with Crippen molar-refractivity contribution in [1.82, 2.24) is 0 Å². The summed E-state index contributed by atoms with van der Waals surface area (Å²) in [6, 6.07) is 4.46. The maximum absolute atomic E-state index is 2.24. The molecular weight excluding hydrogens is 228 g/mol. The van der Waals surface area contributed by atoms with Crippen molar-refractivity contribution in [2.75, 3.05) is 0 Å². The van der Waals surface area contributed by atoms with Gasteiger partial charge in [0.15, 0.2) is 0 Å². The highest BCUT2D eigenvalue weighted by molar-refractivity contribution is 5.86. The van der Waals surface area contributed by atoms with Gasteiger partial charge in [-0.15, -0.1) is 0 Å². The van der Waals surface area contributed by atoms with Crippen molar-refractivity contribution in [3.05, 3.63) is 76.4 Å². The van der Waals surface area contributed by atoms with Gasteiger partial charge in [-0.05, 0) is 53.7 Å². The summed E-state index contributed by atoms with van der Waals surface area (Å²) in [4.78, 5) is 0. The zero-order valence-corrected chi connectivity index (χ0v) is 11.5. The van der Waals surface area contributed by atoms with E-state index in [-0.39, 0.29) is 0 Å². The lowest BCUT2D eigenvalue weighted by Crippen LogP contribution is -1.98. The first kappa shape index (κ1) is 12.0. The molecule has 0 saturated carbocycles. The molecule has 0 fully saturated rings. The van der Waals surface area contributed by atoms with Crippen molar-refractivity contribution in [2.24, 2.45) is 0 Å². The van der Waals surface area contributed by atoms with Gasteiger partial charge in [0.05, 0.1) is 0 Å². The van der Waals surface area contributed by atoms with Gasteiger partial charge in [0.2, 0.25) is 0 Å². The van der Waals surface area contributed by atoms with Crippen LogP contribution >= 0.6 is 0 Å². The van der Waals surface area contributed by atoms with Crippen molar-refractivity contribution in [2.45, 2.75) is 20.3 Å². The molecule has 0 aromatic heterocycles. The molecule has 0 heteroatoms. The number of allylic oxidation sites excluding steroid dienone is 8. The minimum Gasteiger partial charge on any atom is -0.0870 e. The van der Waals surface area contributed by atoms with Gasteiger partial charge in [0, 0.05) is 0 Å². The first-order valence-electron chi connectivity index (χ1n) is 6.84. The van der Waals surface area contributed by atoms with Gasteiger partial charge in [-0.25, -0.2) is 0 Å². The minimum atomic E-state index is 1.02. The summed E-state index contributed by atoms with van der Waals surface area (Å²) in [6.07, 6.45) is 18.6. The summed E-state index contributed by atoms with van der Waals surface area (Å²) in [7, 11) is 0. The third kappa shape index (κ3) is 2.04. The molecule has 94 valence electrons. The Kier molecular flexibility index (Phi) is 3.08. The second kappa shape index (κ2) is 4.89. The summed E-state index contributed by atoms with van der Waals surface area (Å²) in [5.74, 6) is 0. The average Bonchev–Trinajstić information content (AvgIpc) is 2.73. The number of hydrogen-bond donors (Lipinski definition) is 0. The molecule has 1 aromatic carbocycles. The van der Waals surface area contributed by atoms with Crippen LogP contribution < -0.4 is 0 Å². The largest absolute Gasteiger partial charge is 0.0870 e. The Balaban J connectivity index is 2.37. The van der Waals surface area contributed by atoms with Gasteiger partial charge in [0.25, 0.3) is 0 Å². The Morgan fingerprint density at radius 3 is 2.74 bits per heavy atom. The van der Waals surface area contributed by atoms with Gasteiger partial charge in [0.1, 0.15) is 0 Å². The summed E-state index contributed by atoms with van der Waals surface area (Å²) in [5.41, 5.74) is 8.21. The Morgan fingerprint density at radius 1 is 1.05 bits per heavy atom. The molecule has 0 unspecified atom stereocenters. The van der Waals surface area contributed by atoms with Crippen LogP contribution in [0.25, 0.3) is 17.7 Å². The molecule has 0 aliphatic heterocycles. The fourth-order valence-corrected chi connectivity index (χ4v) is 2.86. The van der Waals surface area contributed by atoms with Gasteiger partial charge in [-0.2, -0.15) is 0 Å². The highest BCUT2D eigenvalue weighted by Gasteiger charge is 2.17. The van der Waals surface area contributed by atoms with Crippen LogP contribution in [0.5, 0.6) is 0 Å². The predicted molar refractivity (Wildman–Crippen MR) is 84.8 cm³/mol. The molecule has 2 aliphatic rings. The van der Waals surface area contributed by atoms with E-state index < -0.39 is 0 Å². The topological polar surface area (TPSA) is 0 Å². The van der Waals surface area contributed by atoms with E-state index in [1.807, 2.05) is 0 Å². The van der Waals surface area contributed by atoms with E-state index >= 15 is 0 Å². The fourth-order valence-electron chi connectivity index (χ4n) is 2.86. The second-order valence-corrected chi connectivity index (χ2v) is 4.95. The van der Waals surface area contributed by atoms with Crippen LogP contribution in [-0.2, 0) is 6.42 Å². The standard InChI is InChI=1S/C19H18/c1-3-6-17-12-11-16-8-5-7-14-9-10-15(4-2)19(17)18(16)13-14/h3-12H,13H2,1-2H3. The van der Waals surface area contributed by atoms with Gasteiger partial charge < -0.3 is 0 Å². The molecule has 0 radical (unpaired) electrons. The van der Waals surface area contributed by atoms with Crippen LogP contribution in [0, 0.1) is 0 Å². The van der Waals surface area contributed by atoms with Crippen molar-refractivity contribution in [3.63, 3.8) is 0 Å². The third-order valence-corrected chi connectivity index (χ3v) is 3.77. The smallest absolute Gasteiger partial charge is 0.00134 e. The SMILES string of the molecule is CC=Cc1ccc2c3c1C(=CC)C=CC(=CC=C2)C3. The van der Waals surface area contributed by atoms with Crippen LogP contribution in [-0.4, -0.2) is 0 Å². The number of rotatable bonds is 1. The predicted octanol–water partition coefficient (Wildman–Crippen LogP) is 5.19. The molecule has 0 nitrogen and oxygen atoms in total. The van der Waals surface area contributed by atoms with Gasteiger partial charge in [-0.3, -0.25) is 0 Å². The van der Waals surface area contributed by atoms with Gasteiger partial charge >= 0.3 is 0 Å². The molecular formula is C19H18. The molecule has 3 rings (SSSR count). The normalized spacial score (nSPS) is 18.6. The number of fused-ring (bicyclic) bond motifs is 1. The lowest BCUT2D eigenvalue weighted by Gasteiger charge is -2.15. The highest BCUT2D eigenvalue weighted by atomic mass is 14.2. The zero-order chi connectivity index (χ0) is 13.2. The maximum atomic E-state index is 2.24. The van der Waals surface area contributed by atoms with Crippen molar-refractivity contribution in [1.29, 1.82) is 0 Å². The lowest BCUT2D eigenvalue weighted by atomic mass is 9.89. The minimum absolute atomic E-state index is 1.02. The van der Waals surface area contributed by atoms with Crippen LogP contribution in [0.4, 0.5) is 0 Å². The first-order valence-corrected chi connectivity index (χ1v) is 6.84. The second-order valence-electron chi connectivity index (χ2n) is 4.95. The third-order valence-electron chi connectivity index (χ3n) is 3.77. The van der Waals surface area contributed by atoms with E-state index in [4.69, 9.17) is 0 Å². The van der Waals surface area contributed by atoms with Crippen LogP contribution in [0.3, 0.4) is 0 Å². The average molecular weight is 246 g/mol. The van der Waals surface area contributed by atoms with E-state index in [1.165, 1.54) is 33.4 Å². The molecule has 0 atom stereocenters. The van der Waals surface area contributed by atoms with E-state index in [2.05, 4.69) is 74.6 Å². The van der Waals surface area contributed by atoms with Crippen molar-refractivity contribution >= 4 is 17.7 Å². The lowest BCUT2D eigenvalue weighted by molar-refractivity contribution is 1.19. The van der Waals surface area contributed by atoms with Crippen molar-refractivity contribution in [3.8, 4) is 0 Å². The molecule has 2 aliphatic carbocycles. The Bertz CT molecular complexity index is 662. The van der Waals surface area contributed by atoms with Gasteiger partial charge in [-0.1, -0.05) is 60.7 Å².